The molecule has 2 aromatic rings. The minimum atomic E-state index is -3.46. The van der Waals surface area contributed by atoms with Crippen molar-refractivity contribution >= 4 is 39.1 Å². The van der Waals surface area contributed by atoms with Crippen molar-refractivity contribution in [3.8, 4) is 0 Å². The molecule has 0 aliphatic carbocycles. The highest BCUT2D eigenvalue weighted by Gasteiger charge is 2.31. The van der Waals surface area contributed by atoms with Crippen LogP contribution in [0.25, 0.3) is 0 Å². The Labute approximate surface area is 175 Å². The van der Waals surface area contributed by atoms with Crippen LogP contribution >= 0.6 is 23.2 Å². The predicted octanol–water partition coefficient (Wildman–Crippen LogP) is 3.85. The van der Waals surface area contributed by atoms with Crippen molar-refractivity contribution in [1.29, 1.82) is 0 Å². The quantitative estimate of drug-likeness (QED) is 0.741. The number of carbonyl (C=O) groups is 1. The summed E-state index contributed by atoms with van der Waals surface area (Å²) in [5, 5.41) is 4.02. The van der Waals surface area contributed by atoms with Crippen LogP contribution in [-0.4, -0.2) is 31.7 Å². The molecule has 0 spiro atoms. The highest BCUT2D eigenvalue weighted by molar-refractivity contribution is 7.88. The topological polar surface area (TPSA) is 66.5 Å². The molecule has 1 fully saturated rings. The van der Waals surface area contributed by atoms with Gasteiger partial charge in [-0.25, -0.2) is 12.7 Å². The first-order valence-electron chi connectivity index (χ1n) is 9.08. The Balaban J connectivity index is 1.51. The number of rotatable bonds is 6. The highest BCUT2D eigenvalue weighted by Crippen LogP contribution is 2.24. The SMILES string of the molecule is O=C(NCc1ccc(Cl)cc1)C1CCN(S(=O)(=O)Cc2ccccc2Cl)CC1. The summed E-state index contributed by atoms with van der Waals surface area (Å²) in [7, 11) is -3.46. The van der Waals surface area contributed by atoms with E-state index in [2.05, 4.69) is 5.32 Å². The Hall–Kier alpha value is -1.60. The van der Waals surface area contributed by atoms with E-state index in [1.807, 2.05) is 12.1 Å². The van der Waals surface area contributed by atoms with Crippen molar-refractivity contribution in [3.05, 3.63) is 69.7 Å². The molecule has 0 bridgehead atoms. The van der Waals surface area contributed by atoms with E-state index in [9.17, 15) is 13.2 Å². The number of hydrogen-bond acceptors (Lipinski definition) is 3. The van der Waals surface area contributed by atoms with Gasteiger partial charge >= 0.3 is 0 Å². The molecule has 1 N–H and O–H groups in total. The van der Waals surface area contributed by atoms with Gasteiger partial charge in [0.15, 0.2) is 0 Å². The average Bonchev–Trinajstić information content (AvgIpc) is 2.69. The number of halogens is 2. The van der Waals surface area contributed by atoms with Crippen molar-refractivity contribution in [2.75, 3.05) is 13.1 Å². The van der Waals surface area contributed by atoms with Crippen LogP contribution in [0.2, 0.25) is 10.0 Å². The lowest BCUT2D eigenvalue weighted by atomic mass is 9.97. The number of nitrogens with one attached hydrogen (secondary N) is 1. The fourth-order valence-corrected chi connectivity index (χ4v) is 5.24. The van der Waals surface area contributed by atoms with Crippen molar-refractivity contribution in [2.24, 2.45) is 5.92 Å². The highest BCUT2D eigenvalue weighted by atomic mass is 35.5. The summed E-state index contributed by atoms with van der Waals surface area (Å²) in [5.74, 6) is -0.350. The van der Waals surface area contributed by atoms with E-state index < -0.39 is 10.0 Å². The van der Waals surface area contributed by atoms with E-state index in [1.165, 1.54) is 4.31 Å². The van der Waals surface area contributed by atoms with Crippen molar-refractivity contribution in [2.45, 2.75) is 25.1 Å². The summed E-state index contributed by atoms with van der Waals surface area (Å²) in [4.78, 5) is 12.4. The van der Waals surface area contributed by atoms with Crippen LogP contribution in [0.5, 0.6) is 0 Å². The molecule has 0 atom stereocenters. The molecule has 1 saturated heterocycles. The van der Waals surface area contributed by atoms with Crippen molar-refractivity contribution in [1.82, 2.24) is 9.62 Å². The zero-order valence-corrected chi connectivity index (χ0v) is 17.6. The van der Waals surface area contributed by atoms with Gasteiger partial charge in [-0.2, -0.15) is 0 Å². The van der Waals surface area contributed by atoms with E-state index in [4.69, 9.17) is 23.2 Å². The zero-order chi connectivity index (χ0) is 20.1. The van der Waals surface area contributed by atoms with Gasteiger partial charge in [-0.05, 0) is 42.2 Å². The van der Waals surface area contributed by atoms with Crippen LogP contribution in [0.15, 0.2) is 48.5 Å². The average molecular weight is 441 g/mol. The van der Waals surface area contributed by atoms with Gasteiger partial charge in [-0.3, -0.25) is 4.79 Å². The maximum atomic E-state index is 12.7. The largest absolute Gasteiger partial charge is 0.352 e. The molecule has 28 heavy (non-hydrogen) atoms. The molecule has 0 radical (unpaired) electrons. The Morgan fingerprint density at radius 1 is 1.04 bits per heavy atom. The summed E-state index contributed by atoms with van der Waals surface area (Å²) in [6.07, 6.45) is 1.02. The molecular weight excluding hydrogens is 419 g/mol. The second-order valence-electron chi connectivity index (χ2n) is 6.87. The van der Waals surface area contributed by atoms with Gasteiger partial charge < -0.3 is 5.32 Å². The van der Waals surface area contributed by atoms with Crippen LogP contribution < -0.4 is 5.32 Å². The van der Waals surface area contributed by atoms with Gasteiger partial charge in [-0.15, -0.1) is 0 Å². The number of amides is 1. The van der Waals surface area contributed by atoms with E-state index in [-0.39, 0.29) is 17.6 Å². The Kier molecular flexibility index (Phi) is 6.99. The van der Waals surface area contributed by atoms with Crippen LogP contribution in [0.3, 0.4) is 0 Å². The van der Waals surface area contributed by atoms with Crippen LogP contribution in [0.4, 0.5) is 0 Å². The summed E-state index contributed by atoms with van der Waals surface area (Å²) >= 11 is 11.9. The molecule has 5 nitrogen and oxygen atoms in total. The molecule has 0 saturated carbocycles. The fourth-order valence-electron chi connectivity index (χ4n) is 3.24. The Morgan fingerprint density at radius 3 is 2.32 bits per heavy atom. The lowest BCUT2D eigenvalue weighted by molar-refractivity contribution is -0.126. The minimum absolute atomic E-state index is 0.0434. The van der Waals surface area contributed by atoms with Crippen LogP contribution in [0.1, 0.15) is 24.0 Å². The Bertz CT molecular complexity index is 925. The fraction of sp³-hybridized carbons (Fsp3) is 0.350. The third kappa shape index (κ3) is 5.47. The number of benzene rings is 2. The normalized spacial score (nSPS) is 16.1. The molecule has 0 aromatic heterocycles. The molecule has 8 heteroatoms. The molecule has 1 aliphatic heterocycles. The monoisotopic (exact) mass is 440 g/mol. The van der Waals surface area contributed by atoms with Gasteiger partial charge in [0.1, 0.15) is 0 Å². The number of sulfonamides is 1. The maximum Gasteiger partial charge on any atom is 0.223 e. The van der Waals surface area contributed by atoms with E-state index >= 15 is 0 Å². The second kappa shape index (κ2) is 9.27. The maximum absolute atomic E-state index is 12.7. The second-order valence-corrected chi connectivity index (χ2v) is 9.68. The van der Waals surface area contributed by atoms with E-state index in [0.29, 0.717) is 48.1 Å². The minimum Gasteiger partial charge on any atom is -0.352 e. The van der Waals surface area contributed by atoms with Crippen molar-refractivity contribution in [3.63, 3.8) is 0 Å². The standard InChI is InChI=1S/C20H22Cl2N2O3S/c21-18-7-5-15(6-8-18)13-23-20(25)16-9-11-24(12-10-16)28(26,27)14-17-3-1-2-4-19(17)22/h1-8,16H,9-14H2,(H,23,25). The summed E-state index contributed by atoms with van der Waals surface area (Å²) < 4.78 is 26.8. The molecule has 0 unspecified atom stereocenters. The van der Waals surface area contributed by atoms with Crippen LogP contribution in [0, 0.1) is 5.92 Å². The van der Waals surface area contributed by atoms with E-state index in [1.54, 1.807) is 36.4 Å². The first-order valence-corrected chi connectivity index (χ1v) is 11.4. The van der Waals surface area contributed by atoms with Gasteiger partial charge in [0, 0.05) is 35.6 Å². The molecule has 2 aromatic carbocycles. The third-order valence-electron chi connectivity index (χ3n) is 4.89. The zero-order valence-electron chi connectivity index (χ0n) is 15.3. The third-order valence-corrected chi connectivity index (χ3v) is 7.34. The van der Waals surface area contributed by atoms with Gasteiger partial charge in [0.25, 0.3) is 0 Å². The molecule has 1 heterocycles. The van der Waals surface area contributed by atoms with Gasteiger partial charge in [-0.1, -0.05) is 53.5 Å². The van der Waals surface area contributed by atoms with Gasteiger partial charge in [0.2, 0.25) is 15.9 Å². The number of hydrogen-bond donors (Lipinski definition) is 1. The summed E-state index contributed by atoms with van der Waals surface area (Å²) in [5.41, 5.74) is 1.56. The summed E-state index contributed by atoms with van der Waals surface area (Å²) in [6, 6.07) is 14.2. The first-order chi connectivity index (χ1) is 13.3. The molecule has 1 aliphatic rings. The predicted molar refractivity (Wildman–Crippen MR) is 112 cm³/mol. The van der Waals surface area contributed by atoms with Crippen molar-refractivity contribution < 1.29 is 13.2 Å². The Morgan fingerprint density at radius 2 is 1.68 bits per heavy atom. The number of piperidine rings is 1. The molecular formula is C20H22Cl2N2O3S. The lowest BCUT2D eigenvalue weighted by Gasteiger charge is -2.30. The number of carbonyl (C=O) groups excluding carboxylic acids is 1. The lowest BCUT2D eigenvalue weighted by Crippen LogP contribution is -2.43. The van der Waals surface area contributed by atoms with Gasteiger partial charge in [0.05, 0.1) is 5.75 Å². The van der Waals surface area contributed by atoms with Crippen LogP contribution in [-0.2, 0) is 27.1 Å². The summed E-state index contributed by atoms with van der Waals surface area (Å²) in [6.45, 7) is 1.11. The first kappa shape index (κ1) is 21.1. The number of nitrogens with zero attached hydrogens (tertiary/aromatic N) is 1. The molecule has 3 rings (SSSR count). The molecule has 1 amide bonds. The van der Waals surface area contributed by atoms with E-state index in [0.717, 1.165) is 5.56 Å². The smallest absolute Gasteiger partial charge is 0.223 e. The molecule has 150 valence electrons.